The predicted molar refractivity (Wildman–Crippen MR) is 106 cm³/mol. The molecule has 0 aliphatic heterocycles. The number of ether oxygens (including phenoxy) is 1. The van der Waals surface area contributed by atoms with E-state index >= 15 is 0 Å². The lowest BCUT2D eigenvalue weighted by molar-refractivity contribution is 0.0941. The fourth-order valence-electron chi connectivity index (χ4n) is 3.13. The van der Waals surface area contributed by atoms with E-state index in [-0.39, 0.29) is 11.9 Å². The van der Waals surface area contributed by atoms with Gasteiger partial charge in [-0.25, -0.2) is 0 Å². The van der Waals surface area contributed by atoms with Crippen LogP contribution in [0.4, 0.5) is 0 Å². The van der Waals surface area contributed by atoms with Crippen LogP contribution in [0.5, 0.6) is 5.75 Å². The van der Waals surface area contributed by atoms with Gasteiger partial charge in [0, 0.05) is 17.7 Å². The third-order valence-electron chi connectivity index (χ3n) is 4.59. The standard InChI is InChI=1S/C22H24N2O2/c1-24(2)20(19-10-6-7-11-21(19)26-3)15-23-22(25)18-13-12-16-8-4-5-9-17(16)14-18/h4-14,20H,15H2,1-3H3,(H,23,25)/t20-/m1/s1. The van der Waals surface area contributed by atoms with Crippen LogP contribution in [0.3, 0.4) is 0 Å². The van der Waals surface area contributed by atoms with Crippen LogP contribution in [0.25, 0.3) is 10.8 Å². The second-order valence-electron chi connectivity index (χ2n) is 6.49. The summed E-state index contributed by atoms with van der Waals surface area (Å²) in [5.41, 5.74) is 1.72. The Hall–Kier alpha value is -2.85. The van der Waals surface area contributed by atoms with Gasteiger partial charge in [0.15, 0.2) is 0 Å². The lowest BCUT2D eigenvalue weighted by Crippen LogP contribution is -2.34. The smallest absolute Gasteiger partial charge is 0.251 e. The van der Waals surface area contributed by atoms with Gasteiger partial charge in [0.1, 0.15) is 5.75 Å². The normalized spacial score (nSPS) is 12.2. The molecular formula is C22H24N2O2. The Labute approximate surface area is 154 Å². The fraction of sp³-hybridized carbons (Fsp3) is 0.227. The highest BCUT2D eigenvalue weighted by molar-refractivity contribution is 5.98. The molecule has 0 aliphatic rings. The molecule has 0 saturated carbocycles. The molecule has 4 nitrogen and oxygen atoms in total. The first-order valence-corrected chi connectivity index (χ1v) is 8.66. The van der Waals surface area contributed by atoms with Gasteiger partial charge < -0.3 is 15.0 Å². The largest absolute Gasteiger partial charge is 0.496 e. The summed E-state index contributed by atoms with van der Waals surface area (Å²) >= 11 is 0. The molecule has 26 heavy (non-hydrogen) atoms. The number of carbonyl (C=O) groups excluding carboxylic acids is 1. The number of hydrogen-bond donors (Lipinski definition) is 1. The maximum atomic E-state index is 12.6. The highest BCUT2D eigenvalue weighted by Crippen LogP contribution is 2.27. The lowest BCUT2D eigenvalue weighted by Gasteiger charge is -2.26. The highest BCUT2D eigenvalue weighted by atomic mass is 16.5. The molecule has 1 atom stereocenters. The van der Waals surface area contributed by atoms with Gasteiger partial charge in [0.05, 0.1) is 13.2 Å². The lowest BCUT2D eigenvalue weighted by atomic mass is 10.0. The Bertz CT molecular complexity index is 905. The summed E-state index contributed by atoms with van der Waals surface area (Å²) < 4.78 is 5.48. The van der Waals surface area contributed by atoms with Gasteiger partial charge in [-0.1, -0.05) is 48.5 Å². The van der Waals surface area contributed by atoms with Crippen LogP contribution in [0.2, 0.25) is 0 Å². The zero-order valence-electron chi connectivity index (χ0n) is 15.4. The monoisotopic (exact) mass is 348 g/mol. The summed E-state index contributed by atoms with van der Waals surface area (Å²) in [6, 6.07) is 21.7. The van der Waals surface area contributed by atoms with Crippen LogP contribution in [0.15, 0.2) is 66.7 Å². The van der Waals surface area contributed by atoms with Crippen molar-refractivity contribution in [1.29, 1.82) is 0 Å². The van der Waals surface area contributed by atoms with Gasteiger partial charge in [-0.15, -0.1) is 0 Å². The fourth-order valence-corrected chi connectivity index (χ4v) is 3.13. The van der Waals surface area contributed by atoms with Crippen molar-refractivity contribution in [2.45, 2.75) is 6.04 Å². The topological polar surface area (TPSA) is 41.6 Å². The first kappa shape index (κ1) is 18.0. The van der Waals surface area contributed by atoms with E-state index in [9.17, 15) is 4.79 Å². The van der Waals surface area contributed by atoms with Crippen LogP contribution in [0, 0.1) is 0 Å². The minimum atomic E-state index is -0.0718. The van der Waals surface area contributed by atoms with Crippen LogP contribution in [-0.2, 0) is 0 Å². The van der Waals surface area contributed by atoms with E-state index in [1.165, 1.54) is 0 Å². The number of hydrogen-bond acceptors (Lipinski definition) is 3. The molecule has 0 spiro atoms. The number of benzene rings is 3. The van der Waals surface area contributed by atoms with Crippen molar-refractivity contribution >= 4 is 16.7 Å². The number of rotatable bonds is 6. The number of carbonyl (C=O) groups is 1. The Balaban J connectivity index is 1.77. The molecule has 3 aromatic carbocycles. The number of amides is 1. The van der Waals surface area contributed by atoms with E-state index in [1.54, 1.807) is 7.11 Å². The minimum Gasteiger partial charge on any atom is -0.496 e. The van der Waals surface area contributed by atoms with E-state index in [2.05, 4.69) is 10.2 Å². The molecule has 0 heterocycles. The number of para-hydroxylation sites is 1. The van der Waals surface area contributed by atoms with Gasteiger partial charge in [-0.2, -0.15) is 0 Å². The van der Waals surface area contributed by atoms with Crippen LogP contribution in [-0.4, -0.2) is 38.6 Å². The van der Waals surface area contributed by atoms with Gasteiger partial charge in [0.2, 0.25) is 0 Å². The summed E-state index contributed by atoms with van der Waals surface area (Å²) in [6.45, 7) is 0.499. The third kappa shape index (κ3) is 3.86. The second-order valence-corrected chi connectivity index (χ2v) is 6.49. The molecule has 134 valence electrons. The Morgan fingerprint density at radius 1 is 1.00 bits per heavy atom. The molecule has 3 aromatic rings. The second kappa shape index (κ2) is 8.02. The number of likely N-dealkylation sites (N-methyl/N-ethyl adjacent to an activating group) is 1. The summed E-state index contributed by atoms with van der Waals surface area (Å²) in [5, 5.41) is 5.25. The quantitative estimate of drug-likeness (QED) is 0.735. The average molecular weight is 348 g/mol. The van der Waals surface area contributed by atoms with Gasteiger partial charge >= 0.3 is 0 Å². The summed E-state index contributed by atoms with van der Waals surface area (Å²) in [7, 11) is 5.66. The van der Waals surface area contributed by atoms with Crippen molar-refractivity contribution in [3.05, 3.63) is 77.9 Å². The maximum Gasteiger partial charge on any atom is 0.251 e. The molecule has 0 aromatic heterocycles. The van der Waals surface area contributed by atoms with E-state index in [0.717, 1.165) is 22.1 Å². The molecule has 1 N–H and O–H groups in total. The summed E-state index contributed by atoms with van der Waals surface area (Å²) in [6.07, 6.45) is 0. The van der Waals surface area contributed by atoms with Crippen LogP contribution < -0.4 is 10.1 Å². The molecular weight excluding hydrogens is 324 g/mol. The average Bonchev–Trinajstić information content (AvgIpc) is 2.67. The van der Waals surface area contributed by atoms with E-state index in [4.69, 9.17) is 4.74 Å². The van der Waals surface area contributed by atoms with E-state index in [1.807, 2.05) is 80.8 Å². The van der Waals surface area contributed by atoms with E-state index < -0.39 is 0 Å². The molecule has 0 bridgehead atoms. The molecule has 0 saturated heterocycles. The minimum absolute atomic E-state index is 0.0237. The summed E-state index contributed by atoms with van der Waals surface area (Å²) in [5.74, 6) is 0.753. The first-order valence-electron chi connectivity index (χ1n) is 8.66. The van der Waals surface area contributed by atoms with Crippen molar-refractivity contribution in [2.24, 2.45) is 0 Å². The zero-order chi connectivity index (χ0) is 18.5. The molecule has 0 unspecified atom stereocenters. The van der Waals surface area contributed by atoms with Gasteiger partial charge in [-0.3, -0.25) is 4.79 Å². The van der Waals surface area contributed by atoms with Crippen molar-refractivity contribution in [3.8, 4) is 5.75 Å². The molecule has 0 radical (unpaired) electrons. The molecule has 1 amide bonds. The Morgan fingerprint density at radius 2 is 1.69 bits per heavy atom. The highest BCUT2D eigenvalue weighted by Gasteiger charge is 2.19. The molecule has 3 rings (SSSR count). The van der Waals surface area contributed by atoms with Crippen molar-refractivity contribution in [2.75, 3.05) is 27.7 Å². The predicted octanol–water partition coefficient (Wildman–Crippen LogP) is 3.88. The number of fused-ring (bicyclic) bond motifs is 1. The van der Waals surface area contributed by atoms with E-state index in [0.29, 0.717) is 12.1 Å². The van der Waals surface area contributed by atoms with Gasteiger partial charge in [-0.05, 0) is 43.1 Å². The molecule has 0 fully saturated rings. The Kier molecular flexibility index (Phi) is 5.54. The number of methoxy groups -OCH3 is 1. The molecule has 0 aliphatic carbocycles. The molecule has 4 heteroatoms. The maximum absolute atomic E-state index is 12.6. The van der Waals surface area contributed by atoms with Crippen molar-refractivity contribution in [1.82, 2.24) is 10.2 Å². The van der Waals surface area contributed by atoms with Gasteiger partial charge in [0.25, 0.3) is 5.91 Å². The Morgan fingerprint density at radius 3 is 2.42 bits per heavy atom. The summed E-state index contributed by atoms with van der Waals surface area (Å²) in [4.78, 5) is 14.7. The van der Waals surface area contributed by atoms with Crippen molar-refractivity contribution in [3.63, 3.8) is 0 Å². The van der Waals surface area contributed by atoms with Crippen LogP contribution >= 0.6 is 0 Å². The van der Waals surface area contributed by atoms with Crippen LogP contribution in [0.1, 0.15) is 22.0 Å². The third-order valence-corrected chi connectivity index (χ3v) is 4.59. The van der Waals surface area contributed by atoms with Crippen molar-refractivity contribution < 1.29 is 9.53 Å². The first-order chi connectivity index (χ1) is 12.6. The SMILES string of the molecule is COc1ccccc1[C@@H](CNC(=O)c1ccc2ccccc2c1)N(C)C. The zero-order valence-corrected chi connectivity index (χ0v) is 15.4. The number of nitrogens with zero attached hydrogens (tertiary/aromatic N) is 1. The number of nitrogens with one attached hydrogen (secondary N) is 1.